The second-order valence-corrected chi connectivity index (χ2v) is 4.71. The number of nitrogens with zero attached hydrogens (tertiary/aromatic N) is 3. The summed E-state index contributed by atoms with van der Waals surface area (Å²) in [5.74, 6) is 0.445. The summed E-state index contributed by atoms with van der Waals surface area (Å²) >= 11 is 0. The quantitative estimate of drug-likeness (QED) is 0.653. The van der Waals surface area contributed by atoms with Crippen molar-refractivity contribution in [3.63, 3.8) is 0 Å². The molecule has 0 amide bonds. The maximum Gasteiger partial charge on any atom is 0.278 e. The topological polar surface area (TPSA) is 104 Å². The molecule has 0 spiro atoms. The molecule has 1 aliphatic rings. The zero-order chi connectivity index (χ0) is 12.7. The lowest BCUT2D eigenvalue weighted by molar-refractivity contribution is 0.0729. The maximum atomic E-state index is 11.5. The number of nitrogens with one attached hydrogen (secondary N) is 1. The van der Waals surface area contributed by atoms with Crippen LogP contribution in [0.4, 0.5) is 0 Å². The summed E-state index contributed by atoms with van der Waals surface area (Å²) in [6.45, 7) is 0.457. The predicted molar refractivity (Wildman–Crippen MR) is 62.8 cm³/mol. The van der Waals surface area contributed by atoms with Crippen molar-refractivity contribution in [1.29, 1.82) is 0 Å². The van der Waals surface area contributed by atoms with Gasteiger partial charge in [0.15, 0.2) is 11.2 Å². The van der Waals surface area contributed by atoms with Gasteiger partial charge in [-0.15, -0.1) is 0 Å². The minimum atomic E-state index is -0.652. The third-order valence-corrected chi connectivity index (χ3v) is 3.50. The van der Waals surface area contributed by atoms with Gasteiger partial charge in [-0.05, 0) is 18.3 Å². The summed E-state index contributed by atoms with van der Waals surface area (Å²) in [6, 6.07) is 0. The van der Waals surface area contributed by atoms with Crippen LogP contribution in [0.3, 0.4) is 0 Å². The summed E-state index contributed by atoms with van der Waals surface area (Å²) in [6.07, 6.45) is 3.18. The fourth-order valence-electron chi connectivity index (χ4n) is 2.37. The average Bonchev–Trinajstić information content (AvgIpc) is 3.02. The van der Waals surface area contributed by atoms with E-state index in [1.165, 1.54) is 6.33 Å². The van der Waals surface area contributed by atoms with Crippen LogP contribution in [-0.4, -0.2) is 42.4 Å². The molecular weight excluding hydrogens is 236 g/mol. The van der Waals surface area contributed by atoms with E-state index in [1.54, 1.807) is 6.33 Å². The molecule has 96 valence electrons. The molecule has 18 heavy (non-hydrogen) atoms. The molecule has 0 radical (unpaired) electrons. The molecule has 3 atom stereocenters. The van der Waals surface area contributed by atoms with E-state index in [0.717, 1.165) is 6.42 Å². The highest BCUT2D eigenvalue weighted by Crippen LogP contribution is 2.42. The number of hydrogen-bond donors (Lipinski definition) is 3. The van der Waals surface area contributed by atoms with Gasteiger partial charge in [0.05, 0.1) is 25.4 Å². The molecule has 2 aromatic rings. The van der Waals surface area contributed by atoms with Crippen molar-refractivity contribution in [3.8, 4) is 0 Å². The van der Waals surface area contributed by atoms with Gasteiger partial charge in [-0.25, -0.2) is 9.97 Å². The zero-order valence-electron chi connectivity index (χ0n) is 9.65. The highest BCUT2D eigenvalue weighted by molar-refractivity contribution is 5.68. The molecule has 1 fully saturated rings. The van der Waals surface area contributed by atoms with E-state index in [-0.39, 0.29) is 18.1 Å². The summed E-state index contributed by atoms with van der Waals surface area (Å²) < 4.78 is 1.82. The van der Waals surface area contributed by atoms with Crippen LogP contribution in [0.2, 0.25) is 0 Å². The third kappa shape index (κ3) is 1.81. The molecule has 1 saturated carbocycles. The number of fused-ring (bicyclic) bond motifs is 1. The molecule has 1 aliphatic carbocycles. The highest BCUT2D eigenvalue weighted by atomic mass is 16.3. The number of aliphatic hydroxyl groups is 2. The average molecular weight is 250 g/mol. The molecule has 7 heteroatoms. The molecule has 2 aromatic heterocycles. The Balaban J connectivity index is 1.81. The highest BCUT2D eigenvalue weighted by Gasteiger charge is 2.42. The van der Waals surface area contributed by atoms with Crippen LogP contribution in [0.15, 0.2) is 17.4 Å². The van der Waals surface area contributed by atoms with E-state index in [9.17, 15) is 9.90 Å². The standard InChI is InChI=1S/C11H14N4O3/c16-3-8(17)7-1-6(7)2-15-5-14-9-10(15)12-4-13-11(9)18/h4-8,16-17H,1-3H2,(H,12,13,18)/t6-,7-,8-/m1/s1. The van der Waals surface area contributed by atoms with Crippen molar-refractivity contribution >= 4 is 11.2 Å². The Bertz CT molecular complexity index is 620. The van der Waals surface area contributed by atoms with Crippen LogP contribution in [0, 0.1) is 11.8 Å². The smallest absolute Gasteiger partial charge is 0.278 e. The second kappa shape index (κ2) is 4.18. The van der Waals surface area contributed by atoms with E-state index in [1.807, 2.05) is 4.57 Å². The second-order valence-electron chi connectivity index (χ2n) is 4.71. The van der Waals surface area contributed by atoms with Crippen LogP contribution in [0.25, 0.3) is 11.2 Å². The number of imidazole rings is 1. The molecular formula is C11H14N4O3. The van der Waals surface area contributed by atoms with Gasteiger partial charge in [0, 0.05) is 6.54 Å². The molecule has 0 aromatic carbocycles. The van der Waals surface area contributed by atoms with Crippen molar-refractivity contribution in [1.82, 2.24) is 19.5 Å². The Morgan fingerprint density at radius 3 is 3.17 bits per heavy atom. The van der Waals surface area contributed by atoms with Crippen LogP contribution in [0.1, 0.15) is 6.42 Å². The Morgan fingerprint density at radius 2 is 2.39 bits per heavy atom. The van der Waals surface area contributed by atoms with Gasteiger partial charge in [-0.1, -0.05) is 0 Å². The van der Waals surface area contributed by atoms with E-state index in [2.05, 4.69) is 15.0 Å². The van der Waals surface area contributed by atoms with Gasteiger partial charge in [0.2, 0.25) is 0 Å². The summed E-state index contributed by atoms with van der Waals surface area (Å²) in [5.41, 5.74) is 0.641. The monoisotopic (exact) mass is 250 g/mol. The molecule has 0 bridgehead atoms. The van der Waals surface area contributed by atoms with Crippen LogP contribution < -0.4 is 5.56 Å². The van der Waals surface area contributed by atoms with Crippen LogP contribution >= 0.6 is 0 Å². The molecule has 0 unspecified atom stereocenters. The van der Waals surface area contributed by atoms with Crippen molar-refractivity contribution in [3.05, 3.63) is 23.0 Å². The maximum absolute atomic E-state index is 11.5. The molecule has 0 aliphatic heterocycles. The number of rotatable bonds is 4. The minimum absolute atomic E-state index is 0.134. The van der Waals surface area contributed by atoms with E-state index in [0.29, 0.717) is 23.6 Å². The fourth-order valence-corrected chi connectivity index (χ4v) is 2.37. The fraction of sp³-hybridized carbons (Fsp3) is 0.545. The molecule has 7 nitrogen and oxygen atoms in total. The van der Waals surface area contributed by atoms with Gasteiger partial charge in [-0.3, -0.25) is 4.79 Å². The number of aliphatic hydroxyl groups excluding tert-OH is 2. The number of H-pyrrole nitrogens is 1. The summed E-state index contributed by atoms with van der Waals surface area (Å²) in [4.78, 5) is 22.1. The Hall–Kier alpha value is -1.73. The Morgan fingerprint density at radius 1 is 1.56 bits per heavy atom. The van der Waals surface area contributed by atoms with Gasteiger partial charge in [-0.2, -0.15) is 0 Å². The van der Waals surface area contributed by atoms with Gasteiger partial charge < -0.3 is 19.8 Å². The summed E-state index contributed by atoms with van der Waals surface area (Å²) in [7, 11) is 0. The van der Waals surface area contributed by atoms with Crippen molar-refractivity contribution < 1.29 is 10.2 Å². The Kier molecular flexibility index (Phi) is 2.64. The SMILES string of the molecule is O=c1[nH]cnc2c1ncn2C[C@H]1C[C@H]1[C@H](O)CO. The first kappa shape index (κ1) is 11.4. The van der Waals surface area contributed by atoms with Gasteiger partial charge in [0.25, 0.3) is 5.56 Å². The van der Waals surface area contributed by atoms with Gasteiger partial charge in [0.1, 0.15) is 0 Å². The first-order valence-electron chi connectivity index (χ1n) is 5.88. The lowest BCUT2D eigenvalue weighted by Crippen LogP contribution is -2.16. The largest absolute Gasteiger partial charge is 0.394 e. The van der Waals surface area contributed by atoms with E-state index >= 15 is 0 Å². The third-order valence-electron chi connectivity index (χ3n) is 3.50. The normalized spacial score (nSPS) is 24.3. The predicted octanol–water partition coefficient (Wildman–Crippen LogP) is -0.891. The molecule has 0 saturated heterocycles. The molecule has 3 rings (SSSR count). The first-order valence-corrected chi connectivity index (χ1v) is 5.88. The Labute approximate surface area is 102 Å². The number of aromatic amines is 1. The summed E-state index contributed by atoms with van der Waals surface area (Å²) in [5, 5.41) is 18.4. The van der Waals surface area contributed by atoms with Crippen molar-refractivity contribution in [2.24, 2.45) is 11.8 Å². The van der Waals surface area contributed by atoms with Crippen LogP contribution in [-0.2, 0) is 6.54 Å². The molecule has 2 heterocycles. The minimum Gasteiger partial charge on any atom is -0.394 e. The lowest BCUT2D eigenvalue weighted by Gasteiger charge is -2.06. The lowest BCUT2D eigenvalue weighted by atomic mass is 10.2. The van der Waals surface area contributed by atoms with E-state index < -0.39 is 6.10 Å². The molecule has 3 N–H and O–H groups in total. The number of hydrogen-bond acceptors (Lipinski definition) is 5. The number of aromatic nitrogens is 4. The zero-order valence-corrected chi connectivity index (χ0v) is 9.65. The first-order chi connectivity index (χ1) is 8.70. The van der Waals surface area contributed by atoms with E-state index in [4.69, 9.17) is 5.11 Å². The van der Waals surface area contributed by atoms with Gasteiger partial charge >= 0.3 is 0 Å². The van der Waals surface area contributed by atoms with Crippen LogP contribution in [0.5, 0.6) is 0 Å². The van der Waals surface area contributed by atoms with Crippen molar-refractivity contribution in [2.45, 2.75) is 19.1 Å². The van der Waals surface area contributed by atoms with Crippen molar-refractivity contribution in [2.75, 3.05) is 6.61 Å².